The van der Waals surface area contributed by atoms with Gasteiger partial charge in [-0.05, 0) is 30.5 Å². The summed E-state index contributed by atoms with van der Waals surface area (Å²) in [6, 6.07) is 5.93. The summed E-state index contributed by atoms with van der Waals surface area (Å²) in [7, 11) is 1.24. The second kappa shape index (κ2) is 7.97. The van der Waals surface area contributed by atoms with Gasteiger partial charge in [-0.3, -0.25) is 0 Å². The van der Waals surface area contributed by atoms with Crippen LogP contribution >= 0.6 is 11.6 Å². The summed E-state index contributed by atoms with van der Waals surface area (Å²) in [5.74, 6) is -0.649. The highest BCUT2D eigenvalue weighted by Gasteiger charge is 2.27. The molecule has 5 nitrogen and oxygen atoms in total. The molecule has 1 aromatic rings. The molecule has 1 saturated carbocycles. The number of nitrogens with one attached hydrogen (secondary N) is 1. The molecular formula is C17H19ClFN3O2. The number of halogens is 2. The first kappa shape index (κ1) is 18.0. The van der Waals surface area contributed by atoms with Crippen LogP contribution in [0.15, 0.2) is 52.4 Å². The fourth-order valence-electron chi connectivity index (χ4n) is 1.94. The van der Waals surface area contributed by atoms with Crippen LogP contribution in [0.3, 0.4) is 0 Å². The zero-order valence-corrected chi connectivity index (χ0v) is 14.1. The second-order valence-corrected chi connectivity index (χ2v) is 5.80. The third-order valence-corrected chi connectivity index (χ3v) is 3.91. The van der Waals surface area contributed by atoms with Crippen LogP contribution in [0.25, 0.3) is 0 Å². The van der Waals surface area contributed by atoms with Crippen LogP contribution in [-0.4, -0.2) is 18.8 Å². The quantitative estimate of drug-likeness (QED) is 0.585. The Balaban J connectivity index is 2.14. The summed E-state index contributed by atoms with van der Waals surface area (Å²) in [5, 5.41) is 2.84. The molecule has 0 bridgehead atoms. The number of rotatable bonds is 7. The summed E-state index contributed by atoms with van der Waals surface area (Å²) in [5.41, 5.74) is 7.21. The number of ether oxygens (including phenoxy) is 1. The van der Waals surface area contributed by atoms with E-state index < -0.39 is 5.97 Å². The van der Waals surface area contributed by atoms with E-state index in [1.165, 1.54) is 19.2 Å². The first-order chi connectivity index (χ1) is 11.4. The molecule has 0 spiro atoms. The monoisotopic (exact) mass is 351 g/mol. The van der Waals surface area contributed by atoms with Crippen molar-refractivity contribution in [3.8, 4) is 0 Å². The number of allylic oxidation sites excluding steroid dienone is 1. The average Bonchev–Trinajstić information content (AvgIpc) is 3.42. The van der Waals surface area contributed by atoms with Gasteiger partial charge in [0.15, 0.2) is 5.71 Å². The first-order valence-corrected chi connectivity index (χ1v) is 7.80. The van der Waals surface area contributed by atoms with Crippen molar-refractivity contribution in [3.63, 3.8) is 0 Å². The molecule has 3 N–H and O–H groups in total. The van der Waals surface area contributed by atoms with Crippen LogP contribution in [0.1, 0.15) is 18.4 Å². The minimum Gasteiger partial charge on any atom is -0.464 e. The Morgan fingerprint density at radius 1 is 1.46 bits per heavy atom. The van der Waals surface area contributed by atoms with Crippen molar-refractivity contribution >= 4 is 23.3 Å². The van der Waals surface area contributed by atoms with Gasteiger partial charge in [0.1, 0.15) is 16.7 Å². The summed E-state index contributed by atoms with van der Waals surface area (Å²) in [6.07, 6.45) is 1.99. The highest BCUT2D eigenvalue weighted by Crippen LogP contribution is 2.36. The fraction of sp³-hybridized carbons (Fsp3) is 0.294. The van der Waals surface area contributed by atoms with Gasteiger partial charge in [-0.1, -0.05) is 30.3 Å². The lowest BCUT2D eigenvalue weighted by molar-refractivity contribution is -0.132. The van der Waals surface area contributed by atoms with Gasteiger partial charge >= 0.3 is 5.97 Å². The van der Waals surface area contributed by atoms with Crippen LogP contribution in [0.2, 0.25) is 0 Å². The van der Waals surface area contributed by atoms with Gasteiger partial charge in [-0.15, -0.1) is 0 Å². The topological polar surface area (TPSA) is 76.7 Å². The van der Waals surface area contributed by atoms with E-state index in [0.29, 0.717) is 12.2 Å². The number of methoxy groups -OCH3 is 1. The number of esters is 1. The van der Waals surface area contributed by atoms with Gasteiger partial charge in [0.25, 0.3) is 0 Å². The number of carbonyl (C=O) groups is 1. The molecule has 128 valence electrons. The van der Waals surface area contributed by atoms with Crippen LogP contribution in [-0.2, 0) is 16.1 Å². The summed E-state index contributed by atoms with van der Waals surface area (Å²) in [4.78, 5) is 16.1. The van der Waals surface area contributed by atoms with Crippen LogP contribution in [0, 0.1) is 11.7 Å². The lowest BCUT2D eigenvalue weighted by Crippen LogP contribution is -2.26. The molecule has 0 radical (unpaired) electrons. The smallest absolute Gasteiger partial charge is 0.358 e. The van der Waals surface area contributed by atoms with Crippen molar-refractivity contribution in [1.29, 1.82) is 0 Å². The summed E-state index contributed by atoms with van der Waals surface area (Å²) >= 11 is 6.19. The minimum absolute atomic E-state index is 0.0363. The number of carbonyl (C=O) groups excluding carboxylic acids is 1. The normalized spacial score (nSPS) is 15.5. The molecule has 1 aromatic carbocycles. The number of benzene rings is 1. The van der Waals surface area contributed by atoms with E-state index in [1.807, 2.05) is 0 Å². The highest BCUT2D eigenvalue weighted by molar-refractivity contribution is 6.58. The molecule has 24 heavy (non-hydrogen) atoms. The molecule has 2 rings (SSSR count). The third-order valence-electron chi connectivity index (χ3n) is 3.52. The van der Waals surface area contributed by atoms with E-state index in [-0.39, 0.29) is 28.3 Å². The zero-order chi connectivity index (χ0) is 17.7. The number of hydrogen-bond donors (Lipinski definition) is 2. The first-order valence-electron chi connectivity index (χ1n) is 7.42. The van der Waals surface area contributed by atoms with Crippen LogP contribution < -0.4 is 11.1 Å². The molecule has 7 heteroatoms. The molecule has 0 unspecified atom stereocenters. The molecule has 0 aromatic heterocycles. The Bertz CT molecular complexity index is 694. The predicted octanol–water partition coefficient (Wildman–Crippen LogP) is 2.82. The lowest BCUT2D eigenvalue weighted by Gasteiger charge is -2.11. The van der Waals surface area contributed by atoms with E-state index in [9.17, 15) is 9.18 Å². The van der Waals surface area contributed by atoms with Gasteiger partial charge in [-0.25, -0.2) is 14.2 Å². The largest absolute Gasteiger partial charge is 0.464 e. The molecule has 1 aliphatic carbocycles. The van der Waals surface area contributed by atoms with Crippen molar-refractivity contribution in [2.24, 2.45) is 16.6 Å². The second-order valence-electron chi connectivity index (χ2n) is 5.43. The van der Waals surface area contributed by atoms with E-state index in [2.05, 4.69) is 16.9 Å². The van der Waals surface area contributed by atoms with E-state index in [0.717, 1.165) is 18.4 Å². The Morgan fingerprint density at radius 3 is 2.62 bits per heavy atom. The van der Waals surface area contributed by atoms with Gasteiger partial charge in [-0.2, -0.15) is 0 Å². The zero-order valence-electron chi connectivity index (χ0n) is 13.3. The maximum absolute atomic E-state index is 12.9. The van der Waals surface area contributed by atoms with Crippen molar-refractivity contribution in [2.75, 3.05) is 7.11 Å². The molecule has 0 amide bonds. The maximum atomic E-state index is 12.9. The third kappa shape index (κ3) is 4.83. The van der Waals surface area contributed by atoms with Crippen molar-refractivity contribution in [2.45, 2.75) is 19.4 Å². The van der Waals surface area contributed by atoms with E-state index in [1.54, 1.807) is 12.1 Å². The number of aliphatic imine (C=N–C) groups is 1. The molecule has 0 atom stereocenters. The van der Waals surface area contributed by atoms with E-state index >= 15 is 0 Å². The number of nitrogens with zero attached hydrogens (tertiary/aromatic N) is 1. The van der Waals surface area contributed by atoms with Gasteiger partial charge in [0.05, 0.1) is 7.11 Å². The van der Waals surface area contributed by atoms with Crippen molar-refractivity contribution in [1.82, 2.24) is 5.32 Å². The van der Waals surface area contributed by atoms with Gasteiger partial charge in [0.2, 0.25) is 0 Å². The van der Waals surface area contributed by atoms with E-state index in [4.69, 9.17) is 22.1 Å². The Morgan fingerprint density at radius 2 is 2.08 bits per heavy atom. The molecular weight excluding hydrogens is 333 g/mol. The number of nitrogens with two attached hydrogens (primary N) is 1. The molecule has 1 fully saturated rings. The fourth-order valence-corrected chi connectivity index (χ4v) is 2.12. The maximum Gasteiger partial charge on any atom is 0.358 e. The van der Waals surface area contributed by atoms with Crippen LogP contribution in [0.5, 0.6) is 0 Å². The Hall–Kier alpha value is -2.34. The van der Waals surface area contributed by atoms with Gasteiger partial charge in [0, 0.05) is 18.2 Å². The van der Waals surface area contributed by atoms with Crippen LogP contribution in [0.4, 0.5) is 4.39 Å². The predicted molar refractivity (Wildman–Crippen MR) is 91.6 cm³/mol. The average molecular weight is 352 g/mol. The summed E-state index contributed by atoms with van der Waals surface area (Å²) in [6.45, 7) is 4.16. The molecule has 1 aliphatic rings. The minimum atomic E-state index is -0.687. The van der Waals surface area contributed by atoms with Crippen molar-refractivity contribution in [3.05, 3.63) is 58.8 Å². The molecule has 0 saturated heterocycles. The lowest BCUT2D eigenvalue weighted by atomic mass is 10.2. The van der Waals surface area contributed by atoms with Gasteiger partial charge < -0.3 is 15.8 Å². The Kier molecular flexibility index (Phi) is 5.98. The SMILES string of the molecule is C=C(/N=C(C(=O)OC)\C(Cl)=C(/N)NCc1ccc(F)cc1)C1CC1. The number of hydrogen-bond acceptors (Lipinski definition) is 5. The highest BCUT2D eigenvalue weighted by atomic mass is 35.5. The standard InChI is InChI=1S/C17H19ClFN3O2/c1-10(12-5-6-12)22-15(17(23)24-2)14(18)16(20)21-9-11-3-7-13(19)8-4-11/h3-4,7-8,12,21H,1,5-6,9,20H2,2H3/b16-14-,22-15+. The summed E-state index contributed by atoms with van der Waals surface area (Å²) < 4.78 is 17.6. The molecule has 0 aliphatic heterocycles. The Labute approximate surface area is 145 Å². The van der Waals surface area contributed by atoms with Crippen molar-refractivity contribution < 1.29 is 13.9 Å². The molecule has 0 heterocycles.